The molecule has 7 heteroatoms. The van der Waals surface area contributed by atoms with Gasteiger partial charge >= 0.3 is 0 Å². The molecule has 0 atom stereocenters. The van der Waals surface area contributed by atoms with Crippen LogP contribution in [0.15, 0.2) is 36.5 Å². The number of hydrogen-bond donors (Lipinski definition) is 1. The first kappa shape index (κ1) is 23.9. The van der Waals surface area contributed by atoms with Gasteiger partial charge in [-0.2, -0.15) is 5.26 Å². The van der Waals surface area contributed by atoms with Crippen molar-refractivity contribution in [1.82, 2.24) is 10.3 Å². The summed E-state index contributed by atoms with van der Waals surface area (Å²) in [7, 11) is 1.99. The minimum absolute atomic E-state index is 0.0937. The lowest BCUT2D eigenvalue weighted by atomic mass is 9.49. The van der Waals surface area contributed by atoms with Crippen LogP contribution in [0, 0.1) is 22.2 Å². The average Bonchev–Trinajstić information content (AvgIpc) is 2.75. The highest BCUT2D eigenvalue weighted by Crippen LogP contribution is 2.55. The predicted octanol–water partition coefficient (Wildman–Crippen LogP) is 5.06. The van der Waals surface area contributed by atoms with Crippen molar-refractivity contribution in [2.45, 2.75) is 53.2 Å². The number of ether oxygens (including phenoxy) is 1. The van der Waals surface area contributed by atoms with Crippen molar-refractivity contribution in [3.63, 3.8) is 0 Å². The first-order valence-electron chi connectivity index (χ1n) is 10.9. The van der Waals surface area contributed by atoms with E-state index in [4.69, 9.17) is 21.6 Å². The van der Waals surface area contributed by atoms with Crippen LogP contribution in [0.25, 0.3) is 0 Å². The quantitative estimate of drug-likeness (QED) is 0.632. The summed E-state index contributed by atoms with van der Waals surface area (Å²) in [4.78, 5) is 19.5. The van der Waals surface area contributed by atoms with Gasteiger partial charge in [-0.05, 0) is 30.7 Å². The summed E-state index contributed by atoms with van der Waals surface area (Å²) in [6, 6.07) is 10.7. The molecule has 2 aromatic rings. The fourth-order valence-corrected chi connectivity index (χ4v) is 5.22. The Morgan fingerprint density at radius 2 is 1.94 bits per heavy atom. The Balaban J connectivity index is 1.71. The first-order valence-corrected chi connectivity index (χ1v) is 11.2. The molecule has 1 N–H and O–H groups in total. The normalized spacial score (nSPS) is 20.6. The zero-order valence-corrected chi connectivity index (χ0v) is 20.3. The summed E-state index contributed by atoms with van der Waals surface area (Å²) < 4.78 is 6.28. The molecule has 1 aliphatic carbocycles. The SMILES string of the molecule is CCCN(C)c1ccc(C(=O)N[C@H]2C(C)(C)[C@H](Oc3ccc(C#N)c(Cl)c3)C2(C)C)cn1. The molecular weight excluding hydrogens is 424 g/mol. The van der Waals surface area contributed by atoms with Crippen molar-refractivity contribution >= 4 is 23.3 Å². The predicted molar refractivity (Wildman–Crippen MR) is 127 cm³/mol. The van der Waals surface area contributed by atoms with Crippen molar-refractivity contribution < 1.29 is 9.53 Å². The van der Waals surface area contributed by atoms with Gasteiger partial charge in [0.2, 0.25) is 0 Å². The minimum atomic E-state index is -0.311. The highest BCUT2D eigenvalue weighted by molar-refractivity contribution is 6.31. The van der Waals surface area contributed by atoms with Crippen molar-refractivity contribution in [2.75, 3.05) is 18.5 Å². The summed E-state index contributed by atoms with van der Waals surface area (Å²) in [5.41, 5.74) is 0.327. The summed E-state index contributed by atoms with van der Waals surface area (Å²) in [5, 5.41) is 12.6. The van der Waals surface area contributed by atoms with E-state index < -0.39 is 0 Å². The van der Waals surface area contributed by atoms with Crippen molar-refractivity contribution in [2.24, 2.45) is 10.8 Å². The van der Waals surface area contributed by atoms with Crippen LogP contribution in [0.5, 0.6) is 5.75 Å². The second kappa shape index (κ2) is 8.99. The maximum absolute atomic E-state index is 13.0. The lowest BCUT2D eigenvalue weighted by molar-refractivity contribution is -0.164. The molecule has 0 bridgehead atoms. The number of pyridine rings is 1. The molecule has 170 valence electrons. The molecule has 1 saturated carbocycles. The van der Waals surface area contributed by atoms with Crippen LogP contribution >= 0.6 is 11.6 Å². The number of hydrogen-bond acceptors (Lipinski definition) is 5. The minimum Gasteiger partial charge on any atom is -0.489 e. The second-order valence-electron chi connectivity index (χ2n) is 9.63. The molecule has 1 aromatic carbocycles. The number of carbonyl (C=O) groups excluding carboxylic acids is 1. The number of amides is 1. The van der Waals surface area contributed by atoms with E-state index in [1.807, 2.05) is 19.2 Å². The Bertz CT molecular complexity index is 1010. The molecule has 0 aliphatic heterocycles. The highest BCUT2D eigenvalue weighted by Gasteiger charge is 2.64. The molecule has 0 radical (unpaired) electrons. The smallest absolute Gasteiger partial charge is 0.253 e. The third-order valence-corrected chi connectivity index (χ3v) is 6.70. The van der Waals surface area contributed by atoms with E-state index in [2.05, 4.69) is 55.9 Å². The largest absolute Gasteiger partial charge is 0.489 e. The van der Waals surface area contributed by atoms with Gasteiger partial charge in [-0.15, -0.1) is 0 Å². The van der Waals surface area contributed by atoms with Gasteiger partial charge in [-0.1, -0.05) is 46.2 Å². The molecule has 32 heavy (non-hydrogen) atoms. The van der Waals surface area contributed by atoms with Crippen LogP contribution in [-0.4, -0.2) is 36.6 Å². The lowest BCUT2D eigenvalue weighted by Crippen LogP contribution is -2.74. The van der Waals surface area contributed by atoms with E-state index in [1.165, 1.54) is 0 Å². The summed E-state index contributed by atoms with van der Waals surface area (Å²) in [6.45, 7) is 11.4. The van der Waals surface area contributed by atoms with Crippen LogP contribution < -0.4 is 15.0 Å². The van der Waals surface area contributed by atoms with E-state index in [0.29, 0.717) is 21.9 Å². The molecule has 1 amide bonds. The van der Waals surface area contributed by atoms with Crippen molar-refractivity contribution in [3.8, 4) is 11.8 Å². The molecule has 0 saturated heterocycles. The third-order valence-electron chi connectivity index (χ3n) is 6.39. The third kappa shape index (κ3) is 4.40. The molecule has 1 aliphatic rings. The van der Waals surface area contributed by atoms with E-state index in [-0.39, 0.29) is 28.9 Å². The maximum atomic E-state index is 13.0. The van der Waals surface area contributed by atoms with Crippen molar-refractivity contribution in [3.05, 3.63) is 52.7 Å². The number of nitrogens with zero attached hydrogens (tertiary/aromatic N) is 3. The van der Waals surface area contributed by atoms with Gasteiger partial charge in [0.15, 0.2) is 0 Å². The number of rotatable bonds is 7. The van der Waals surface area contributed by atoms with E-state index >= 15 is 0 Å². The number of benzene rings is 1. The van der Waals surface area contributed by atoms with Gasteiger partial charge < -0.3 is 15.0 Å². The first-order chi connectivity index (χ1) is 15.0. The Hall–Kier alpha value is -2.78. The van der Waals surface area contributed by atoms with Gasteiger partial charge in [0, 0.05) is 42.7 Å². The van der Waals surface area contributed by atoms with Gasteiger partial charge in [0.25, 0.3) is 5.91 Å². The summed E-state index contributed by atoms with van der Waals surface area (Å²) in [5.74, 6) is 1.32. The van der Waals surface area contributed by atoms with Gasteiger partial charge in [0.05, 0.1) is 16.1 Å². The van der Waals surface area contributed by atoms with Gasteiger partial charge in [-0.25, -0.2) is 4.98 Å². The molecule has 3 rings (SSSR count). The standard InChI is InChI=1S/C25H31ClN4O2/c1-7-12-30(6)20-11-9-17(15-28-20)21(31)29-22-24(2,3)23(25(22,4)5)32-18-10-8-16(14-27)19(26)13-18/h8-11,13,15,22-23H,7,12H2,1-6H3,(H,29,31)/t22-,23-. The van der Waals surface area contributed by atoms with E-state index in [1.54, 1.807) is 24.4 Å². The number of nitrogens with one attached hydrogen (secondary N) is 1. The van der Waals surface area contributed by atoms with E-state index in [0.717, 1.165) is 18.8 Å². The lowest BCUT2D eigenvalue weighted by Gasteiger charge is -2.63. The molecule has 1 fully saturated rings. The Morgan fingerprint density at radius 1 is 1.25 bits per heavy atom. The molecule has 6 nitrogen and oxygen atoms in total. The molecule has 1 heterocycles. The number of nitriles is 1. The Morgan fingerprint density at radius 3 is 2.47 bits per heavy atom. The van der Waals surface area contributed by atoms with Gasteiger partial charge in [-0.3, -0.25) is 4.79 Å². The van der Waals surface area contributed by atoms with Crippen LogP contribution in [0.4, 0.5) is 5.82 Å². The monoisotopic (exact) mass is 454 g/mol. The number of carbonyl (C=O) groups is 1. The number of halogens is 1. The molecular formula is C25H31ClN4O2. The topological polar surface area (TPSA) is 78.3 Å². The fraction of sp³-hybridized carbons (Fsp3) is 0.480. The zero-order chi connectivity index (χ0) is 23.7. The van der Waals surface area contributed by atoms with Crippen LogP contribution in [0.2, 0.25) is 5.02 Å². The second-order valence-corrected chi connectivity index (χ2v) is 10.0. The highest BCUT2D eigenvalue weighted by atomic mass is 35.5. The zero-order valence-electron chi connectivity index (χ0n) is 19.6. The van der Waals surface area contributed by atoms with Crippen LogP contribution in [0.3, 0.4) is 0 Å². The molecule has 0 unspecified atom stereocenters. The summed E-state index contributed by atoms with van der Waals surface area (Å²) >= 11 is 6.16. The van der Waals surface area contributed by atoms with Crippen LogP contribution in [0.1, 0.15) is 57.0 Å². The van der Waals surface area contributed by atoms with Gasteiger partial charge in [0.1, 0.15) is 23.7 Å². The van der Waals surface area contributed by atoms with E-state index in [9.17, 15) is 4.79 Å². The molecule has 1 aromatic heterocycles. The summed E-state index contributed by atoms with van der Waals surface area (Å²) in [6.07, 6.45) is 2.51. The number of aromatic nitrogens is 1. The fourth-order valence-electron chi connectivity index (χ4n) is 5.01. The Kier molecular flexibility index (Phi) is 6.71. The maximum Gasteiger partial charge on any atom is 0.253 e. The Labute approximate surface area is 195 Å². The van der Waals surface area contributed by atoms with Crippen LogP contribution in [-0.2, 0) is 0 Å². The van der Waals surface area contributed by atoms with Crippen molar-refractivity contribution in [1.29, 1.82) is 5.26 Å². The average molecular weight is 455 g/mol. The number of anilines is 1. The molecule has 0 spiro atoms.